The zero-order valence-corrected chi connectivity index (χ0v) is 10.3. The molecule has 1 aliphatic heterocycles. The number of aliphatic hydroxyl groups is 1. The number of aliphatic hydroxyl groups excluding tert-OH is 1. The van der Waals surface area contributed by atoms with Gasteiger partial charge in [-0.1, -0.05) is 13.8 Å². The summed E-state index contributed by atoms with van der Waals surface area (Å²) in [5.41, 5.74) is 0. The van der Waals surface area contributed by atoms with Crippen molar-refractivity contribution in [3.05, 3.63) is 0 Å². The van der Waals surface area contributed by atoms with Crippen molar-refractivity contribution in [2.45, 2.75) is 51.1 Å². The molecule has 0 aliphatic carbocycles. The molecule has 0 aromatic carbocycles. The molecule has 0 spiro atoms. The fraction of sp³-hybridized carbons (Fsp3) is 1.00. The van der Waals surface area contributed by atoms with Crippen LogP contribution in [-0.2, 0) is 0 Å². The minimum Gasteiger partial charge on any atom is -0.382 e. The van der Waals surface area contributed by atoms with Gasteiger partial charge in [0.1, 0.15) is 0 Å². The molecule has 0 saturated carbocycles. The third-order valence-electron chi connectivity index (χ3n) is 2.97. The zero-order chi connectivity index (χ0) is 13.1. The van der Waals surface area contributed by atoms with Crippen LogP contribution in [0.2, 0.25) is 0 Å². The smallest absolute Gasteiger partial charge is 0.382 e. The molecule has 1 rings (SSSR count). The summed E-state index contributed by atoms with van der Waals surface area (Å²) < 4.78 is 36.5. The van der Waals surface area contributed by atoms with Crippen molar-refractivity contribution < 1.29 is 18.3 Å². The number of nitrogens with one attached hydrogen (secondary N) is 1. The van der Waals surface area contributed by atoms with Gasteiger partial charge >= 0.3 is 6.18 Å². The molecule has 17 heavy (non-hydrogen) atoms. The van der Waals surface area contributed by atoms with E-state index in [4.69, 9.17) is 5.11 Å². The number of hydrogen-bond donors (Lipinski definition) is 2. The Morgan fingerprint density at radius 2 is 1.82 bits per heavy atom. The van der Waals surface area contributed by atoms with E-state index in [0.29, 0.717) is 25.2 Å². The molecule has 1 saturated heterocycles. The summed E-state index contributed by atoms with van der Waals surface area (Å²) in [6.07, 6.45) is -5.06. The van der Waals surface area contributed by atoms with E-state index < -0.39 is 12.3 Å². The Labute approximate surface area is 100.0 Å². The summed E-state index contributed by atoms with van der Waals surface area (Å²) in [5.74, 6) is 0. The summed E-state index contributed by atoms with van der Waals surface area (Å²) in [7, 11) is 0. The van der Waals surface area contributed by atoms with Crippen molar-refractivity contribution in [2.75, 3.05) is 19.6 Å². The van der Waals surface area contributed by atoms with Crippen LogP contribution in [0.25, 0.3) is 0 Å². The summed E-state index contributed by atoms with van der Waals surface area (Å²) in [6, 6.07) is 0.779. The molecule has 0 radical (unpaired) electrons. The normalized spacial score (nSPS) is 22.1. The molecule has 1 atom stereocenters. The zero-order valence-electron chi connectivity index (χ0n) is 10.3. The van der Waals surface area contributed by atoms with Crippen LogP contribution in [0.4, 0.5) is 13.2 Å². The maximum atomic E-state index is 12.2. The van der Waals surface area contributed by atoms with Crippen LogP contribution >= 0.6 is 0 Å². The van der Waals surface area contributed by atoms with Gasteiger partial charge in [0.25, 0.3) is 0 Å². The minimum absolute atomic E-state index is 0.308. The van der Waals surface area contributed by atoms with E-state index in [2.05, 4.69) is 19.2 Å². The number of alkyl halides is 3. The lowest BCUT2D eigenvalue weighted by Crippen LogP contribution is -2.48. The molecular weight excluding hydrogens is 233 g/mol. The second-order valence-corrected chi connectivity index (χ2v) is 4.95. The first kappa shape index (κ1) is 14.7. The van der Waals surface area contributed by atoms with Crippen LogP contribution in [0.15, 0.2) is 0 Å². The highest BCUT2D eigenvalue weighted by molar-refractivity contribution is 4.80. The van der Waals surface area contributed by atoms with Crippen molar-refractivity contribution >= 4 is 0 Å². The third-order valence-corrected chi connectivity index (χ3v) is 2.97. The van der Waals surface area contributed by atoms with E-state index in [1.165, 1.54) is 0 Å². The number of piperidine rings is 1. The van der Waals surface area contributed by atoms with E-state index in [1.807, 2.05) is 0 Å². The minimum atomic E-state index is -4.51. The Bertz CT molecular complexity index is 225. The van der Waals surface area contributed by atoms with Gasteiger partial charge in [0.15, 0.2) is 6.10 Å². The molecule has 102 valence electrons. The van der Waals surface area contributed by atoms with E-state index in [9.17, 15) is 13.2 Å². The van der Waals surface area contributed by atoms with Gasteiger partial charge in [-0.2, -0.15) is 13.2 Å². The van der Waals surface area contributed by atoms with E-state index in [1.54, 1.807) is 4.90 Å². The first-order chi connectivity index (χ1) is 7.79. The predicted molar refractivity (Wildman–Crippen MR) is 59.8 cm³/mol. The average Bonchev–Trinajstić information content (AvgIpc) is 2.18. The van der Waals surface area contributed by atoms with E-state index in [-0.39, 0.29) is 6.54 Å². The molecule has 1 heterocycles. The first-order valence-electron chi connectivity index (χ1n) is 6.02. The van der Waals surface area contributed by atoms with Crippen molar-refractivity contribution in [1.82, 2.24) is 10.2 Å². The molecule has 0 aromatic heterocycles. The van der Waals surface area contributed by atoms with Crippen LogP contribution in [0, 0.1) is 0 Å². The molecule has 0 amide bonds. The van der Waals surface area contributed by atoms with Crippen LogP contribution in [0.1, 0.15) is 26.7 Å². The van der Waals surface area contributed by atoms with Crippen LogP contribution < -0.4 is 5.32 Å². The Hall–Kier alpha value is -0.330. The SMILES string of the molecule is CC(C)NC1CCN(C[C@H](O)C(F)(F)F)CC1. The number of rotatable bonds is 4. The van der Waals surface area contributed by atoms with Gasteiger partial charge in [0.2, 0.25) is 0 Å². The largest absolute Gasteiger partial charge is 0.415 e. The molecule has 0 aromatic rings. The fourth-order valence-electron chi connectivity index (χ4n) is 2.10. The standard InChI is InChI=1S/C11H21F3N2O/c1-8(2)15-9-3-5-16(6-4-9)7-10(17)11(12,13)14/h8-10,15,17H,3-7H2,1-2H3/t10-/m0/s1. The number of likely N-dealkylation sites (tertiary alicyclic amines) is 1. The number of halogens is 3. The van der Waals surface area contributed by atoms with Crippen molar-refractivity contribution in [3.8, 4) is 0 Å². The summed E-state index contributed by atoms with van der Waals surface area (Å²) >= 11 is 0. The Morgan fingerprint density at radius 1 is 1.29 bits per heavy atom. The lowest BCUT2D eigenvalue weighted by Gasteiger charge is -2.34. The topological polar surface area (TPSA) is 35.5 Å². The van der Waals surface area contributed by atoms with Gasteiger partial charge in [-0.15, -0.1) is 0 Å². The van der Waals surface area contributed by atoms with Gasteiger partial charge < -0.3 is 15.3 Å². The fourth-order valence-corrected chi connectivity index (χ4v) is 2.10. The highest BCUT2D eigenvalue weighted by atomic mass is 19.4. The highest BCUT2D eigenvalue weighted by Gasteiger charge is 2.39. The molecular formula is C11H21F3N2O. The number of hydrogen-bond acceptors (Lipinski definition) is 3. The van der Waals surface area contributed by atoms with Crippen LogP contribution in [0.3, 0.4) is 0 Å². The maximum absolute atomic E-state index is 12.2. The highest BCUT2D eigenvalue weighted by Crippen LogP contribution is 2.22. The molecule has 0 bridgehead atoms. The van der Waals surface area contributed by atoms with Crippen LogP contribution in [0.5, 0.6) is 0 Å². The van der Waals surface area contributed by atoms with E-state index in [0.717, 1.165) is 12.8 Å². The Kier molecular flexibility index (Phi) is 5.22. The quantitative estimate of drug-likeness (QED) is 0.795. The van der Waals surface area contributed by atoms with E-state index >= 15 is 0 Å². The number of nitrogens with zero attached hydrogens (tertiary/aromatic N) is 1. The molecule has 6 heteroatoms. The van der Waals surface area contributed by atoms with Gasteiger partial charge in [-0.3, -0.25) is 0 Å². The monoisotopic (exact) mass is 254 g/mol. The summed E-state index contributed by atoms with van der Waals surface area (Å²) in [5, 5.41) is 12.3. The predicted octanol–water partition coefficient (Wildman–Crippen LogP) is 1.37. The Morgan fingerprint density at radius 3 is 2.24 bits per heavy atom. The molecule has 1 aliphatic rings. The van der Waals surface area contributed by atoms with Gasteiger partial charge in [0, 0.05) is 18.6 Å². The van der Waals surface area contributed by atoms with Gasteiger partial charge in [-0.25, -0.2) is 0 Å². The molecule has 2 N–H and O–H groups in total. The van der Waals surface area contributed by atoms with Crippen molar-refractivity contribution in [3.63, 3.8) is 0 Å². The molecule has 1 fully saturated rings. The Balaban J connectivity index is 2.28. The third kappa shape index (κ3) is 5.23. The van der Waals surface area contributed by atoms with Gasteiger partial charge in [0.05, 0.1) is 0 Å². The second kappa shape index (κ2) is 6.02. The number of β-amino-alcohol motifs (C(OH)–C–C–N with tert-alkyl or cyclic N) is 1. The van der Waals surface area contributed by atoms with Crippen LogP contribution in [-0.4, -0.2) is 54.0 Å². The molecule has 3 nitrogen and oxygen atoms in total. The average molecular weight is 254 g/mol. The van der Waals surface area contributed by atoms with Gasteiger partial charge in [-0.05, 0) is 25.9 Å². The lowest BCUT2D eigenvalue weighted by atomic mass is 10.0. The maximum Gasteiger partial charge on any atom is 0.415 e. The summed E-state index contributed by atoms with van der Waals surface area (Å²) in [6.45, 7) is 5.02. The first-order valence-corrected chi connectivity index (χ1v) is 6.02. The molecule has 0 unspecified atom stereocenters. The second-order valence-electron chi connectivity index (χ2n) is 4.95. The van der Waals surface area contributed by atoms with Crippen molar-refractivity contribution in [2.24, 2.45) is 0 Å². The summed E-state index contributed by atoms with van der Waals surface area (Å²) in [4.78, 5) is 1.68. The lowest BCUT2D eigenvalue weighted by molar-refractivity contribution is -0.208. The van der Waals surface area contributed by atoms with Crippen molar-refractivity contribution in [1.29, 1.82) is 0 Å².